The zero-order chi connectivity index (χ0) is 24.7. The first-order chi connectivity index (χ1) is 16.9. The van der Waals surface area contributed by atoms with Crippen molar-refractivity contribution in [3.63, 3.8) is 0 Å². The van der Waals surface area contributed by atoms with Gasteiger partial charge in [-0.2, -0.15) is 0 Å². The highest BCUT2D eigenvalue weighted by Gasteiger charge is 2.43. The Bertz CT molecular complexity index is 1290. The molecule has 10 heteroatoms. The van der Waals surface area contributed by atoms with Crippen molar-refractivity contribution < 1.29 is 23.4 Å². The number of anilines is 1. The number of rotatable bonds is 7. The number of hydrogen-bond acceptors (Lipinski definition) is 7. The lowest BCUT2D eigenvalue weighted by molar-refractivity contribution is 0.0996. The van der Waals surface area contributed by atoms with E-state index in [1.807, 2.05) is 0 Å². The van der Waals surface area contributed by atoms with Gasteiger partial charge in [0.1, 0.15) is 23.1 Å². The molecule has 2 aromatic carbocycles. The highest BCUT2D eigenvalue weighted by Crippen LogP contribution is 2.41. The van der Waals surface area contributed by atoms with E-state index in [1.165, 1.54) is 37.6 Å². The number of β-amino-alcohol motifs (C(OH)–C–C–N with tert-alkyl or cyclic N) is 1. The van der Waals surface area contributed by atoms with Crippen LogP contribution in [0.25, 0.3) is 22.5 Å². The molecule has 0 unspecified atom stereocenters. The number of nitrogens with zero attached hydrogens (tertiary/aromatic N) is 4. The van der Waals surface area contributed by atoms with Gasteiger partial charge in [0, 0.05) is 54.7 Å². The number of ether oxygens (including phenoxy) is 1. The standard InChI is InChI=1S/C25H25F2N5O3/c1-35-21-4-2-3-19(27)22(21)25-29-11-18(23(30-25)24(28)34)17-9-14(26)5-6-20(17)32-13-15-10-16(32)12-31(15)7-8-33/h2-6,9,11,15-16,33H,7-8,10,12-13H2,1H3,(H2,28,34)/t15-,16-/m1/s1. The molecule has 1 aromatic heterocycles. The maximum absolute atomic E-state index is 14.6. The van der Waals surface area contributed by atoms with Gasteiger partial charge in [-0.15, -0.1) is 0 Å². The average molecular weight is 482 g/mol. The van der Waals surface area contributed by atoms with Crippen molar-refractivity contribution >= 4 is 11.6 Å². The molecule has 2 aliphatic rings. The van der Waals surface area contributed by atoms with Gasteiger partial charge < -0.3 is 20.5 Å². The predicted molar refractivity (Wildman–Crippen MR) is 126 cm³/mol. The number of nitrogens with two attached hydrogens (primary N) is 1. The molecule has 0 spiro atoms. The number of amides is 1. The van der Waals surface area contributed by atoms with Crippen LogP contribution in [0.15, 0.2) is 42.6 Å². The van der Waals surface area contributed by atoms with Crippen LogP contribution < -0.4 is 15.4 Å². The second-order valence-electron chi connectivity index (χ2n) is 8.71. The minimum Gasteiger partial charge on any atom is -0.496 e. The Kier molecular flexibility index (Phi) is 6.08. The number of aromatic nitrogens is 2. The van der Waals surface area contributed by atoms with Gasteiger partial charge in [-0.3, -0.25) is 9.69 Å². The first-order valence-corrected chi connectivity index (χ1v) is 11.3. The maximum atomic E-state index is 14.6. The normalized spacial score (nSPS) is 19.4. The Morgan fingerprint density at radius 2 is 2.03 bits per heavy atom. The van der Waals surface area contributed by atoms with Gasteiger partial charge in [-0.1, -0.05) is 6.07 Å². The average Bonchev–Trinajstić information content (AvgIpc) is 3.44. The summed E-state index contributed by atoms with van der Waals surface area (Å²) in [5.41, 5.74) is 6.98. The van der Waals surface area contributed by atoms with E-state index in [0.29, 0.717) is 18.7 Å². The number of carbonyl (C=O) groups excluding carboxylic acids is 1. The minimum atomic E-state index is -0.841. The number of piperazine rings is 1. The molecule has 0 aliphatic carbocycles. The van der Waals surface area contributed by atoms with Crippen molar-refractivity contribution in [1.82, 2.24) is 14.9 Å². The summed E-state index contributed by atoms with van der Waals surface area (Å²) in [5.74, 6) is -1.79. The van der Waals surface area contributed by atoms with Crippen LogP contribution in [0.2, 0.25) is 0 Å². The number of aliphatic hydroxyl groups excluding tert-OH is 1. The molecular weight excluding hydrogens is 456 g/mol. The van der Waals surface area contributed by atoms with E-state index >= 15 is 0 Å². The molecule has 2 saturated heterocycles. The number of fused-ring (bicyclic) bond motifs is 2. The summed E-state index contributed by atoms with van der Waals surface area (Å²) in [6.45, 7) is 2.21. The third-order valence-electron chi connectivity index (χ3n) is 6.74. The number of carbonyl (C=O) groups is 1. The van der Waals surface area contributed by atoms with E-state index in [9.17, 15) is 18.7 Å². The number of benzene rings is 2. The lowest BCUT2D eigenvalue weighted by atomic mass is 10.0. The number of likely N-dealkylation sites (tertiary alicyclic amines) is 1. The van der Waals surface area contributed by atoms with Crippen molar-refractivity contribution in [3.8, 4) is 28.3 Å². The fourth-order valence-corrected chi connectivity index (χ4v) is 5.20. The molecule has 3 aromatic rings. The maximum Gasteiger partial charge on any atom is 0.268 e. The molecule has 35 heavy (non-hydrogen) atoms. The van der Waals surface area contributed by atoms with E-state index < -0.39 is 17.5 Å². The summed E-state index contributed by atoms with van der Waals surface area (Å²) in [4.78, 5) is 25.5. The largest absolute Gasteiger partial charge is 0.496 e. The Morgan fingerprint density at radius 3 is 2.71 bits per heavy atom. The minimum absolute atomic E-state index is 0.00402. The van der Waals surface area contributed by atoms with E-state index in [-0.39, 0.29) is 47.1 Å². The number of methoxy groups -OCH3 is 1. The van der Waals surface area contributed by atoms with Gasteiger partial charge in [0.2, 0.25) is 0 Å². The summed E-state index contributed by atoms with van der Waals surface area (Å²) in [6, 6.07) is 9.16. The summed E-state index contributed by atoms with van der Waals surface area (Å²) in [5, 5.41) is 9.31. The van der Waals surface area contributed by atoms with Crippen LogP contribution in [0, 0.1) is 11.6 Å². The van der Waals surface area contributed by atoms with Crippen LogP contribution >= 0.6 is 0 Å². The Labute approximate surface area is 201 Å². The first-order valence-electron chi connectivity index (χ1n) is 11.3. The second-order valence-corrected chi connectivity index (χ2v) is 8.71. The molecule has 5 rings (SSSR count). The van der Waals surface area contributed by atoms with Crippen LogP contribution in [0.3, 0.4) is 0 Å². The lowest BCUT2D eigenvalue weighted by Crippen LogP contribution is -2.47. The van der Waals surface area contributed by atoms with E-state index in [0.717, 1.165) is 18.7 Å². The highest BCUT2D eigenvalue weighted by atomic mass is 19.1. The Balaban J connectivity index is 1.59. The third-order valence-corrected chi connectivity index (χ3v) is 6.74. The molecular formula is C25H25F2N5O3. The van der Waals surface area contributed by atoms with Gasteiger partial charge in [0.15, 0.2) is 5.82 Å². The fraction of sp³-hybridized carbons (Fsp3) is 0.320. The SMILES string of the molecule is COc1cccc(F)c1-c1ncc(-c2cc(F)ccc2N2C[C@H]3C[C@@H]2CN3CCO)c(C(N)=O)n1. The van der Waals surface area contributed by atoms with Gasteiger partial charge >= 0.3 is 0 Å². The Morgan fingerprint density at radius 1 is 1.20 bits per heavy atom. The fourth-order valence-electron chi connectivity index (χ4n) is 5.20. The summed E-state index contributed by atoms with van der Waals surface area (Å²) < 4.78 is 34.3. The molecule has 2 aliphatic heterocycles. The van der Waals surface area contributed by atoms with E-state index in [2.05, 4.69) is 19.8 Å². The van der Waals surface area contributed by atoms with Crippen molar-refractivity contribution in [2.75, 3.05) is 38.3 Å². The second kappa shape index (κ2) is 9.20. The van der Waals surface area contributed by atoms with Gasteiger partial charge in [-0.05, 0) is 36.8 Å². The van der Waals surface area contributed by atoms with Gasteiger partial charge in [-0.25, -0.2) is 18.7 Å². The van der Waals surface area contributed by atoms with Crippen LogP contribution in [-0.4, -0.2) is 71.3 Å². The smallest absolute Gasteiger partial charge is 0.268 e. The van der Waals surface area contributed by atoms with E-state index in [4.69, 9.17) is 10.5 Å². The lowest BCUT2D eigenvalue weighted by Gasteiger charge is -2.36. The van der Waals surface area contributed by atoms with Crippen molar-refractivity contribution in [1.29, 1.82) is 0 Å². The first kappa shape index (κ1) is 23.1. The summed E-state index contributed by atoms with van der Waals surface area (Å²) >= 11 is 0. The van der Waals surface area contributed by atoms with Crippen LogP contribution in [0.5, 0.6) is 5.75 Å². The molecule has 3 heterocycles. The number of halogens is 2. The number of hydrogen-bond donors (Lipinski definition) is 2. The molecule has 182 valence electrons. The van der Waals surface area contributed by atoms with Crippen LogP contribution in [0.4, 0.5) is 14.5 Å². The van der Waals surface area contributed by atoms with Gasteiger partial charge in [0.25, 0.3) is 5.91 Å². The van der Waals surface area contributed by atoms with E-state index in [1.54, 1.807) is 12.1 Å². The summed E-state index contributed by atoms with van der Waals surface area (Å²) in [6.07, 6.45) is 2.31. The van der Waals surface area contributed by atoms with Crippen molar-refractivity contribution in [2.24, 2.45) is 5.73 Å². The topological polar surface area (TPSA) is 105 Å². The Hall–Kier alpha value is -3.63. The zero-order valence-electron chi connectivity index (χ0n) is 19.1. The monoisotopic (exact) mass is 481 g/mol. The van der Waals surface area contributed by atoms with Crippen molar-refractivity contribution in [2.45, 2.75) is 18.5 Å². The molecule has 0 saturated carbocycles. The molecule has 1 amide bonds. The molecule has 2 fully saturated rings. The molecule has 8 nitrogen and oxygen atoms in total. The van der Waals surface area contributed by atoms with Gasteiger partial charge in [0.05, 0.1) is 19.3 Å². The zero-order valence-corrected chi connectivity index (χ0v) is 19.1. The van der Waals surface area contributed by atoms with Crippen LogP contribution in [-0.2, 0) is 0 Å². The number of primary amides is 1. The molecule has 2 bridgehead atoms. The number of aliphatic hydroxyl groups is 1. The molecule has 2 atom stereocenters. The van der Waals surface area contributed by atoms with Crippen LogP contribution in [0.1, 0.15) is 16.9 Å². The quantitative estimate of drug-likeness (QED) is 0.534. The summed E-state index contributed by atoms with van der Waals surface area (Å²) in [7, 11) is 1.39. The molecule has 3 N–H and O–H groups in total. The highest BCUT2D eigenvalue weighted by molar-refractivity contribution is 6.00. The van der Waals surface area contributed by atoms with Crippen molar-refractivity contribution in [3.05, 3.63) is 59.9 Å². The third kappa shape index (κ3) is 4.08. The molecule has 0 radical (unpaired) electrons. The predicted octanol–water partition coefficient (Wildman–Crippen LogP) is 2.45.